The number of nitro benzene ring substituents is 1. The SMILES string of the molecule is CCOC(=O)C1=C(C)N=c2s/c(=C\c3cc(C)n(-c4cccc([N+](=O)[O-])c4)c3C)c(=O)n2[C@H]1c1ccc(OCC)cc1. The highest BCUT2D eigenvalue weighted by molar-refractivity contribution is 7.07. The van der Waals surface area contributed by atoms with Crippen LogP contribution in [-0.2, 0) is 9.53 Å². The maximum Gasteiger partial charge on any atom is 0.338 e. The molecule has 5 rings (SSSR count). The van der Waals surface area contributed by atoms with Gasteiger partial charge in [-0.3, -0.25) is 19.5 Å². The van der Waals surface area contributed by atoms with Crippen LogP contribution in [0.3, 0.4) is 0 Å². The van der Waals surface area contributed by atoms with E-state index in [4.69, 9.17) is 9.47 Å². The number of rotatable bonds is 8. The number of esters is 1. The van der Waals surface area contributed by atoms with Crippen LogP contribution in [0.25, 0.3) is 11.8 Å². The van der Waals surface area contributed by atoms with Crippen LogP contribution in [0.1, 0.15) is 49.3 Å². The van der Waals surface area contributed by atoms with Crippen molar-refractivity contribution in [2.24, 2.45) is 4.99 Å². The number of carbonyl (C=O) groups excluding carboxylic acids is 1. The number of fused-ring (bicyclic) bond motifs is 1. The molecule has 0 radical (unpaired) electrons. The summed E-state index contributed by atoms with van der Waals surface area (Å²) in [6.45, 7) is 9.90. The number of non-ortho nitro benzene ring substituents is 1. The van der Waals surface area contributed by atoms with E-state index < -0.39 is 16.9 Å². The normalized spacial score (nSPS) is 14.9. The summed E-state index contributed by atoms with van der Waals surface area (Å²) in [6.07, 6.45) is 1.80. The molecule has 4 aromatic rings. The number of aromatic nitrogens is 2. The topological polar surface area (TPSA) is 118 Å². The number of hydrogen-bond acceptors (Lipinski definition) is 8. The third-order valence-corrected chi connectivity index (χ3v) is 8.06. The van der Waals surface area contributed by atoms with Crippen LogP contribution in [0, 0.1) is 24.0 Å². The molecule has 0 aliphatic carbocycles. The van der Waals surface area contributed by atoms with Gasteiger partial charge in [-0.2, -0.15) is 0 Å². The van der Waals surface area contributed by atoms with Crippen molar-refractivity contribution in [1.82, 2.24) is 9.13 Å². The Kier molecular flexibility index (Phi) is 7.95. The molecule has 0 amide bonds. The predicted molar refractivity (Wildman–Crippen MR) is 160 cm³/mol. The van der Waals surface area contributed by atoms with E-state index in [0.717, 1.165) is 22.5 Å². The van der Waals surface area contributed by atoms with Gasteiger partial charge in [0.25, 0.3) is 11.2 Å². The lowest BCUT2D eigenvalue weighted by molar-refractivity contribution is -0.384. The lowest BCUT2D eigenvalue weighted by atomic mass is 9.96. The summed E-state index contributed by atoms with van der Waals surface area (Å²) in [5.41, 5.74) is 4.38. The van der Waals surface area contributed by atoms with Crippen molar-refractivity contribution >= 4 is 29.1 Å². The number of aryl methyl sites for hydroxylation is 1. The van der Waals surface area contributed by atoms with Crippen molar-refractivity contribution < 1.29 is 19.2 Å². The predicted octanol–water partition coefficient (Wildman–Crippen LogP) is 4.51. The lowest BCUT2D eigenvalue weighted by Crippen LogP contribution is -2.39. The fraction of sp³-hybridized carbons (Fsp3) is 0.258. The number of hydrogen-bond donors (Lipinski definition) is 0. The zero-order valence-electron chi connectivity index (χ0n) is 23.9. The summed E-state index contributed by atoms with van der Waals surface area (Å²) in [6, 6.07) is 15.0. The maximum atomic E-state index is 14.0. The first-order valence-corrected chi connectivity index (χ1v) is 14.3. The van der Waals surface area contributed by atoms with Crippen LogP contribution < -0.4 is 19.6 Å². The number of benzene rings is 2. The standard InChI is InChI=1S/C31H30N4O6S/c1-6-40-25-13-11-21(12-14-25)28-27(30(37)41-7-2)19(4)32-31-34(28)29(36)26(42-31)16-22-15-18(3)33(20(22)5)23-9-8-10-24(17-23)35(38)39/h8-17,28H,6-7H2,1-5H3/b26-16-/t28-/m0/s1. The van der Waals surface area contributed by atoms with Gasteiger partial charge in [0.15, 0.2) is 4.80 Å². The molecule has 1 aliphatic rings. The van der Waals surface area contributed by atoms with Gasteiger partial charge in [0.05, 0.1) is 45.7 Å². The number of thiazole rings is 1. The van der Waals surface area contributed by atoms with E-state index in [0.29, 0.717) is 38.6 Å². The van der Waals surface area contributed by atoms with Crippen LogP contribution in [0.15, 0.2) is 75.7 Å². The Hall–Kier alpha value is -4.77. The fourth-order valence-corrected chi connectivity index (χ4v) is 6.28. The molecule has 0 saturated heterocycles. The van der Waals surface area contributed by atoms with Crippen molar-refractivity contribution in [2.75, 3.05) is 13.2 Å². The molecule has 0 bridgehead atoms. The van der Waals surface area contributed by atoms with Gasteiger partial charge in [-0.25, -0.2) is 9.79 Å². The molecule has 216 valence electrons. The average molecular weight is 587 g/mol. The maximum absolute atomic E-state index is 14.0. The zero-order chi connectivity index (χ0) is 30.1. The molecule has 2 aromatic heterocycles. The smallest absolute Gasteiger partial charge is 0.338 e. The third kappa shape index (κ3) is 5.18. The Morgan fingerprint density at radius 2 is 1.83 bits per heavy atom. The number of carbonyl (C=O) groups is 1. The lowest BCUT2D eigenvalue weighted by Gasteiger charge is -2.24. The molecule has 0 N–H and O–H groups in total. The molecule has 2 aromatic carbocycles. The summed E-state index contributed by atoms with van der Waals surface area (Å²) in [5.74, 6) is 0.165. The van der Waals surface area contributed by atoms with Gasteiger partial charge in [-0.15, -0.1) is 0 Å². The van der Waals surface area contributed by atoms with Crippen LogP contribution >= 0.6 is 11.3 Å². The molecule has 0 fully saturated rings. The van der Waals surface area contributed by atoms with Crippen molar-refractivity contribution in [3.63, 3.8) is 0 Å². The molecular formula is C31H30N4O6S. The van der Waals surface area contributed by atoms with E-state index in [2.05, 4.69) is 4.99 Å². The Bertz CT molecular complexity index is 1910. The van der Waals surface area contributed by atoms with Crippen LogP contribution in [0.2, 0.25) is 0 Å². The van der Waals surface area contributed by atoms with Crippen molar-refractivity contribution in [3.05, 3.63) is 118 Å². The fourth-order valence-electron chi connectivity index (χ4n) is 5.24. The van der Waals surface area contributed by atoms with E-state index in [1.807, 2.05) is 55.7 Å². The molecule has 0 saturated carbocycles. The third-order valence-electron chi connectivity index (χ3n) is 7.08. The van der Waals surface area contributed by atoms with Crippen molar-refractivity contribution in [2.45, 2.75) is 40.7 Å². The summed E-state index contributed by atoms with van der Waals surface area (Å²) in [5, 5.41) is 11.3. The van der Waals surface area contributed by atoms with E-state index in [9.17, 15) is 19.7 Å². The van der Waals surface area contributed by atoms with Crippen molar-refractivity contribution in [1.29, 1.82) is 0 Å². The summed E-state index contributed by atoms with van der Waals surface area (Å²) in [7, 11) is 0. The first kappa shape index (κ1) is 28.7. The molecule has 11 heteroatoms. The average Bonchev–Trinajstić information content (AvgIpc) is 3.42. The Morgan fingerprint density at radius 3 is 2.50 bits per heavy atom. The van der Waals surface area contributed by atoms with Crippen molar-refractivity contribution in [3.8, 4) is 11.4 Å². The van der Waals surface area contributed by atoms with Gasteiger partial charge in [-0.1, -0.05) is 29.5 Å². The number of nitro groups is 1. The molecular weight excluding hydrogens is 556 g/mol. The van der Waals surface area contributed by atoms with E-state index in [-0.39, 0.29) is 17.9 Å². The number of allylic oxidation sites excluding steroid dienone is 1. The minimum absolute atomic E-state index is 0.00285. The largest absolute Gasteiger partial charge is 0.494 e. The van der Waals surface area contributed by atoms with Crippen LogP contribution in [-0.4, -0.2) is 33.2 Å². The molecule has 1 aliphatic heterocycles. The Morgan fingerprint density at radius 1 is 1.10 bits per heavy atom. The summed E-state index contributed by atoms with van der Waals surface area (Å²) < 4.78 is 14.9. The highest BCUT2D eigenvalue weighted by Gasteiger charge is 2.33. The van der Waals surface area contributed by atoms with Crippen LogP contribution in [0.5, 0.6) is 5.75 Å². The minimum atomic E-state index is -0.726. The molecule has 0 spiro atoms. The van der Waals surface area contributed by atoms with Gasteiger partial charge in [0.2, 0.25) is 0 Å². The van der Waals surface area contributed by atoms with Gasteiger partial charge < -0.3 is 14.0 Å². The van der Waals surface area contributed by atoms with E-state index in [1.54, 1.807) is 36.6 Å². The van der Waals surface area contributed by atoms with E-state index >= 15 is 0 Å². The molecule has 3 heterocycles. The second-order valence-electron chi connectivity index (χ2n) is 9.74. The molecule has 1 atom stereocenters. The number of ether oxygens (including phenoxy) is 2. The summed E-state index contributed by atoms with van der Waals surface area (Å²) in [4.78, 5) is 43.2. The molecule has 10 nitrogen and oxygen atoms in total. The van der Waals surface area contributed by atoms with Gasteiger partial charge in [0.1, 0.15) is 5.75 Å². The Labute approximate surface area is 245 Å². The van der Waals surface area contributed by atoms with Crippen LogP contribution in [0.4, 0.5) is 5.69 Å². The summed E-state index contributed by atoms with van der Waals surface area (Å²) >= 11 is 1.24. The monoisotopic (exact) mass is 586 g/mol. The second kappa shape index (κ2) is 11.6. The van der Waals surface area contributed by atoms with Gasteiger partial charge in [0, 0.05) is 23.5 Å². The zero-order valence-corrected chi connectivity index (χ0v) is 24.7. The quantitative estimate of drug-likeness (QED) is 0.170. The van der Waals surface area contributed by atoms with Gasteiger partial charge in [-0.05, 0) is 76.1 Å². The Balaban J connectivity index is 1.66. The second-order valence-corrected chi connectivity index (χ2v) is 10.8. The molecule has 42 heavy (non-hydrogen) atoms. The number of nitrogens with zero attached hydrogens (tertiary/aromatic N) is 4. The first-order chi connectivity index (χ1) is 20.1. The van der Waals surface area contributed by atoms with Gasteiger partial charge >= 0.3 is 5.97 Å². The minimum Gasteiger partial charge on any atom is -0.494 e. The highest BCUT2D eigenvalue weighted by atomic mass is 32.1. The first-order valence-electron chi connectivity index (χ1n) is 13.5. The van der Waals surface area contributed by atoms with E-state index in [1.165, 1.54) is 23.5 Å². The molecule has 0 unspecified atom stereocenters. The highest BCUT2D eigenvalue weighted by Crippen LogP contribution is 2.32.